The Kier molecular flexibility index (Phi) is 7.63. The van der Waals surface area contributed by atoms with Crippen LogP contribution in [-0.2, 0) is 20.9 Å². The number of amidine groups is 1. The van der Waals surface area contributed by atoms with E-state index in [2.05, 4.69) is 15.8 Å². The first-order valence-corrected chi connectivity index (χ1v) is 10.1. The van der Waals surface area contributed by atoms with Gasteiger partial charge in [0.2, 0.25) is 5.91 Å². The number of nitrogens with zero attached hydrogens (tertiary/aromatic N) is 2. The molecule has 1 saturated heterocycles. The van der Waals surface area contributed by atoms with Gasteiger partial charge in [0.15, 0.2) is 5.84 Å². The number of carbonyl (C=O) groups is 3. The minimum Gasteiger partial charge on any atom is -0.461 e. The van der Waals surface area contributed by atoms with Gasteiger partial charge in [-0.1, -0.05) is 35.5 Å². The maximum atomic E-state index is 12.6. The Hall–Kier alpha value is -4.08. The summed E-state index contributed by atoms with van der Waals surface area (Å²) in [6, 6.07) is 14.8. The third-order valence-corrected chi connectivity index (χ3v) is 4.95. The summed E-state index contributed by atoms with van der Waals surface area (Å²) in [6.45, 7) is 0.719. The van der Waals surface area contributed by atoms with Gasteiger partial charge in [-0.05, 0) is 36.2 Å². The van der Waals surface area contributed by atoms with Crippen molar-refractivity contribution >= 4 is 29.4 Å². The summed E-state index contributed by atoms with van der Waals surface area (Å²) in [7, 11) is 0. The molecular formula is C22H25N5O5. The summed E-state index contributed by atoms with van der Waals surface area (Å²) in [5.41, 5.74) is 7.60. The molecular weight excluding hydrogens is 414 g/mol. The van der Waals surface area contributed by atoms with Crippen molar-refractivity contribution in [2.24, 2.45) is 10.9 Å². The summed E-state index contributed by atoms with van der Waals surface area (Å²) in [5, 5.41) is 16.9. The van der Waals surface area contributed by atoms with E-state index in [9.17, 15) is 14.4 Å². The number of amides is 3. The van der Waals surface area contributed by atoms with E-state index in [0.717, 1.165) is 5.56 Å². The highest BCUT2D eigenvalue weighted by Crippen LogP contribution is 2.22. The molecule has 1 heterocycles. The fourth-order valence-electron chi connectivity index (χ4n) is 3.24. The van der Waals surface area contributed by atoms with Gasteiger partial charge in [-0.2, -0.15) is 0 Å². The summed E-state index contributed by atoms with van der Waals surface area (Å²) >= 11 is 0. The number of ether oxygens (including phenoxy) is 1. The van der Waals surface area contributed by atoms with E-state index < -0.39 is 18.0 Å². The molecule has 1 atom stereocenters. The molecule has 0 unspecified atom stereocenters. The number of rotatable bonds is 8. The second-order valence-electron chi connectivity index (χ2n) is 7.16. The lowest BCUT2D eigenvalue weighted by atomic mass is 10.2. The van der Waals surface area contributed by atoms with E-state index in [0.29, 0.717) is 24.2 Å². The standard InChI is InChI=1S/C22H25N5O5/c23-20(26-31)16-6-8-17(9-7-16)27-13-11-18(21(27)29)25-22(30)24-12-10-19(28)32-14-15-4-2-1-3-5-15/h1-9,18,31H,10-14H2,(H2,23,26)(H2,24,25,30)/t18-/m0/s1. The molecule has 5 N–H and O–H groups in total. The molecule has 0 aromatic heterocycles. The van der Waals surface area contributed by atoms with E-state index in [1.165, 1.54) is 0 Å². The predicted molar refractivity (Wildman–Crippen MR) is 117 cm³/mol. The van der Waals surface area contributed by atoms with Crippen molar-refractivity contribution in [1.82, 2.24) is 10.6 Å². The van der Waals surface area contributed by atoms with Crippen LogP contribution in [0.4, 0.5) is 10.5 Å². The zero-order chi connectivity index (χ0) is 22.9. The van der Waals surface area contributed by atoms with Crippen LogP contribution in [0.5, 0.6) is 0 Å². The molecule has 10 nitrogen and oxygen atoms in total. The van der Waals surface area contributed by atoms with Crippen LogP contribution in [0.1, 0.15) is 24.0 Å². The highest BCUT2D eigenvalue weighted by Gasteiger charge is 2.33. The monoisotopic (exact) mass is 439 g/mol. The Balaban J connectivity index is 1.40. The molecule has 3 amide bonds. The third-order valence-electron chi connectivity index (χ3n) is 4.95. The van der Waals surface area contributed by atoms with Crippen molar-refractivity contribution in [3.8, 4) is 0 Å². The molecule has 2 aromatic rings. The summed E-state index contributed by atoms with van der Waals surface area (Å²) < 4.78 is 5.15. The van der Waals surface area contributed by atoms with Gasteiger partial charge >= 0.3 is 12.0 Å². The molecule has 3 rings (SSSR count). The Labute approximate surface area is 185 Å². The van der Waals surface area contributed by atoms with Gasteiger partial charge in [-0.25, -0.2) is 4.79 Å². The van der Waals surface area contributed by atoms with E-state index in [1.54, 1.807) is 29.2 Å². The van der Waals surface area contributed by atoms with Crippen molar-refractivity contribution in [2.75, 3.05) is 18.0 Å². The molecule has 2 aromatic carbocycles. The average Bonchev–Trinajstić information content (AvgIpc) is 3.17. The highest BCUT2D eigenvalue weighted by atomic mass is 16.5. The van der Waals surface area contributed by atoms with Crippen LogP contribution < -0.4 is 21.3 Å². The van der Waals surface area contributed by atoms with Crippen LogP contribution in [-0.4, -0.2) is 48.1 Å². The topological polar surface area (TPSA) is 146 Å². The van der Waals surface area contributed by atoms with E-state index in [4.69, 9.17) is 15.7 Å². The molecule has 0 bridgehead atoms. The number of hydrogen-bond donors (Lipinski definition) is 4. The van der Waals surface area contributed by atoms with Gasteiger partial charge in [-0.15, -0.1) is 0 Å². The van der Waals surface area contributed by atoms with Crippen molar-refractivity contribution in [3.63, 3.8) is 0 Å². The van der Waals surface area contributed by atoms with E-state index >= 15 is 0 Å². The quantitative estimate of drug-likeness (QED) is 0.160. The first kappa shape index (κ1) is 22.6. The number of urea groups is 1. The number of hydrogen-bond acceptors (Lipinski definition) is 6. The zero-order valence-electron chi connectivity index (χ0n) is 17.4. The maximum absolute atomic E-state index is 12.6. The number of oxime groups is 1. The lowest BCUT2D eigenvalue weighted by Gasteiger charge is -2.18. The van der Waals surface area contributed by atoms with Crippen LogP contribution in [0.2, 0.25) is 0 Å². The van der Waals surface area contributed by atoms with Crippen LogP contribution >= 0.6 is 0 Å². The summed E-state index contributed by atoms with van der Waals surface area (Å²) in [4.78, 5) is 38.1. The van der Waals surface area contributed by atoms with Gasteiger partial charge in [-0.3, -0.25) is 9.59 Å². The Bertz CT molecular complexity index is 978. The molecule has 1 aliphatic heterocycles. The normalized spacial score (nSPS) is 16.0. The van der Waals surface area contributed by atoms with Crippen LogP contribution in [0, 0.1) is 0 Å². The largest absolute Gasteiger partial charge is 0.461 e. The Morgan fingerprint density at radius 1 is 1.16 bits per heavy atom. The Morgan fingerprint density at radius 3 is 2.56 bits per heavy atom. The van der Waals surface area contributed by atoms with Crippen LogP contribution in [0.15, 0.2) is 59.8 Å². The van der Waals surface area contributed by atoms with E-state index in [-0.39, 0.29) is 31.3 Å². The number of nitrogens with one attached hydrogen (secondary N) is 2. The van der Waals surface area contributed by atoms with Gasteiger partial charge in [0.1, 0.15) is 12.6 Å². The number of carbonyl (C=O) groups excluding carboxylic acids is 3. The third kappa shape index (κ3) is 5.97. The fourth-order valence-corrected chi connectivity index (χ4v) is 3.24. The molecule has 0 aliphatic carbocycles. The number of anilines is 1. The molecule has 0 saturated carbocycles. The molecule has 0 radical (unpaired) electrons. The average molecular weight is 439 g/mol. The molecule has 1 aliphatic rings. The minimum atomic E-state index is -0.663. The maximum Gasteiger partial charge on any atom is 0.315 e. The molecule has 0 spiro atoms. The van der Waals surface area contributed by atoms with Crippen molar-refractivity contribution < 1.29 is 24.3 Å². The van der Waals surface area contributed by atoms with Crippen molar-refractivity contribution in [2.45, 2.75) is 25.5 Å². The number of benzene rings is 2. The number of nitrogens with two attached hydrogens (primary N) is 1. The Morgan fingerprint density at radius 2 is 1.88 bits per heavy atom. The van der Waals surface area contributed by atoms with E-state index in [1.807, 2.05) is 30.3 Å². The highest BCUT2D eigenvalue weighted by molar-refractivity contribution is 6.02. The molecule has 1 fully saturated rings. The second kappa shape index (κ2) is 10.8. The SMILES string of the molecule is N/C(=N/O)c1ccc(N2CC[C@H](NC(=O)NCCC(=O)OCc3ccccc3)C2=O)cc1. The summed E-state index contributed by atoms with van der Waals surface area (Å²) in [5.74, 6) is -0.684. The van der Waals surface area contributed by atoms with Crippen LogP contribution in [0.25, 0.3) is 0 Å². The van der Waals surface area contributed by atoms with Gasteiger partial charge < -0.3 is 31.2 Å². The molecule has 32 heavy (non-hydrogen) atoms. The molecule has 10 heteroatoms. The predicted octanol–water partition coefficient (Wildman–Crippen LogP) is 1.32. The second-order valence-corrected chi connectivity index (χ2v) is 7.16. The lowest BCUT2D eigenvalue weighted by molar-refractivity contribution is -0.144. The first-order valence-electron chi connectivity index (χ1n) is 10.1. The molecule has 168 valence electrons. The van der Waals surface area contributed by atoms with Crippen LogP contribution in [0.3, 0.4) is 0 Å². The van der Waals surface area contributed by atoms with Gasteiger partial charge in [0.25, 0.3) is 0 Å². The van der Waals surface area contributed by atoms with Crippen molar-refractivity contribution in [1.29, 1.82) is 0 Å². The summed E-state index contributed by atoms with van der Waals surface area (Å²) in [6.07, 6.45) is 0.477. The van der Waals surface area contributed by atoms with Gasteiger partial charge in [0, 0.05) is 24.3 Å². The first-order chi connectivity index (χ1) is 15.5. The zero-order valence-corrected chi connectivity index (χ0v) is 17.4. The lowest BCUT2D eigenvalue weighted by Crippen LogP contribution is -2.46. The van der Waals surface area contributed by atoms with Gasteiger partial charge in [0.05, 0.1) is 6.42 Å². The minimum absolute atomic E-state index is 0.0236. The fraction of sp³-hybridized carbons (Fsp3) is 0.273. The van der Waals surface area contributed by atoms with Crippen molar-refractivity contribution in [3.05, 3.63) is 65.7 Å². The smallest absolute Gasteiger partial charge is 0.315 e. The number of esters is 1.